The largest absolute Gasteiger partial charge is 0.374 e. The molecule has 1 fully saturated rings. The number of nitrogens with one attached hydrogen (secondary N) is 1. The van der Waals surface area contributed by atoms with E-state index in [2.05, 4.69) is 33.2 Å². The highest BCUT2D eigenvalue weighted by Gasteiger charge is 2.32. The molecule has 0 aliphatic carbocycles. The Morgan fingerprint density at radius 3 is 3.06 bits per heavy atom. The molecule has 2 rings (SSSR count). The van der Waals surface area contributed by atoms with Crippen LogP contribution in [0.4, 0.5) is 0 Å². The molecule has 2 unspecified atom stereocenters. The van der Waals surface area contributed by atoms with E-state index in [0.29, 0.717) is 0 Å². The second-order valence-electron chi connectivity index (χ2n) is 4.56. The summed E-state index contributed by atoms with van der Waals surface area (Å²) in [5.74, 6) is 0. The number of hydrogen-bond donors (Lipinski definition) is 1. The van der Waals surface area contributed by atoms with Crippen molar-refractivity contribution in [1.82, 2.24) is 10.2 Å². The average Bonchev–Trinajstić information content (AvgIpc) is 2.34. The van der Waals surface area contributed by atoms with E-state index in [1.54, 1.807) is 0 Å². The molecule has 100 valence electrons. The first-order valence-corrected chi connectivity index (χ1v) is 7.22. The first kappa shape index (κ1) is 14.3. The Morgan fingerprint density at radius 1 is 1.56 bits per heavy atom. The van der Waals surface area contributed by atoms with Gasteiger partial charge in [0.25, 0.3) is 0 Å². The standard InChI is InChI=1S/C13H18BrClN2O/c1-16-8-12-13(17(2)5-6-18-12)10-7-9(15)3-4-11(10)14/h3-4,7,12-13,16H,5-6,8H2,1-2H3. The lowest BCUT2D eigenvalue weighted by Gasteiger charge is -2.39. The Hall–Kier alpha value is -0.130. The van der Waals surface area contributed by atoms with Crippen molar-refractivity contribution in [3.63, 3.8) is 0 Å². The van der Waals surface area contributed by atoms with E-state index < -0.39 is 0 Å². The third-order valence-corrected chi connectivity index (χ3v) is 4.24. The summed E-state index contributed by atoms with van der Waals surface area (Å²) in [6.45, 7) is 2.54. The number of likely N-dealkylation sites (N-methyl/N-ethyl adjacent to an activating group) is 2. The number of ether oxygens (including phenoxy) is 1. The van der Waals surface area contributed by atoms with Crippen LogP contribution in [0.1, 0.15) is 11.6 Å². The lowest BCUT2D eigenvalue weighted by molar-refractivity contribution is -0.0608. The Morgan fingerprint density at radius 2 is 2.33 bits per heavy atom. The van der Waals surface area contributed by atoms with Crippen LogP contribution in [0.15, 0.2) is 22.7 Å². The average molecular weight is 334 g/mol. The Balaban J connectivity index is 2.33. The molecule has 1 aromatic carbocycles. The fourth-order valence-electron chi connectivity index (χ4n) is 2.41. The summed E-state index contributed by atoms with van der Waals surface area (Å²) in [4.78, 5) is 2.32. The molecule has 1 N–H and O–H groups in total. The van der Waals surface area contributed by atoms with Crippen LogP contribution in [-0.4, -0.2) is 44.8 Å². The molecule has 0 radical (unpaired) electrons. The van der Waals surface area contributed by atoms with Crippen molar-refractivity contribution in [3.8, 4) is 0 Å². The minimum absolute atomic E-state index is 0.142. The number of morpholine rings is 1. The summed E-state index contributed by atoms with van der Waals surface area (Å²) >= 11 is 9.72. The molecule has 0 bridgehead atoms. The van der Waals surface area contributed by atoms with Gasteiger partial charge in [0.05, 0.1) is 18.8 Å². The molecule has 0 aromatic heterocycles. The highest BCUT2D eigenvalue weighted by Crippen LogP contribution is 2.34. The first-order chi connectivity index (χ1) is 8.63. The van der Waals surface area contributed by atoms with Crippen molar-refractivity contribution >= 4 is 27.5 Å². The minimum atomic E-state index is 0.142. The van der Waals surface area contributed by atoms with Crippen LogP contribution in [0.5, 0.6) is 0 Å². The van der Waals surface area contributed by atoms with Crippen LogP contribution in [0.2, 0.25) is 5.02 Å². The van der Waals surface area contributed by atoms with Gasteiger partial charge < -0.3 is 10.1 Å². The first-order valence-electron chi connectivity index (χ1n) is 6.05. The van der Waals surface area contributed by atoms with Crippen LogP contribution in [0.3, 0.4) is 0 Å². The topological polar surface area (TPSA) is 24.5 Å². The minimum Gasteiger partial charge on any atom is -0.374 e. The molecule has 1 aromatic rings. The van der Waals surface area contributed by atoms with Crippen molar-refractivity contribution < 1.29 is 4.74 Å². The van der Waals surface area contributed by atoms with Crippen LogP contribution >= 0.6 is 27.5 Å². The maximum Gasteiger partial charge on any atom is 0.0896 e. The number of nitrogens with zero attached hydrogens (tertiary/aromatic N) is 1. The quantitative estimate of drug-likeness (QED) is 0.920. The second kappa shape index (κ2) is 6.35. The molecule has 1 saturated heterocycles. The third kappa shape index (κ3) is 3.06. The van der Waals surface area contributed by atoms with Gasteiger partial charge in [-0.3, -0.25) is 4.90 Å². The van der Waals surface area contributed by atoms with Crippen molar-refractivity contribution in [3.05, 3.63) is 33.3 Å². The molecule has 0 amide bonds. The summed E-state index contributed by atoms with van der Waals surface area (Å²) in [6.07, 6.45) is 0.142. The summed E-state index contributed by atoms with van der Waals surface area (Å²) in [5.41, 5.74) is 1.19. The van der Waals surface area contributed by atoms with Crippen LogP contribution in [-0.2, 0) is 4.74 Å². The zero-order valence-electron chi connectivity index (χ0n) is 10.6. The van der Waals surface area contributed by atoms with Gasteiger partial charge in [0.15, 0.2) is 0 Å². The number of benzene rings is 1. The summed E-state index contributed by atoms with van der Waals surface area (Å²) in [5, 5.41) is 3.95. The van der Waals surface area contributed by atoms with E-state index in [1.807, 2.05) is 25.2 Å². The summed E-state index contributed by atoms with van der Waals surface area (Å²) < 4.78 is 6.96. The number of rotatable bonds is 3. The lowest BCUT2D eigenvalue weighted by atomic mass is 9.98. The highest BCUT2D eigenvalue weighted by molar-refractivity contribution is 9.10. The molecule has 2 atom stereocenters. The molecular weight excluding hydrogens is 316 g/mol. The molecule has 1 aliphatic heterocycles. The van der Waals surface area contributed by atoms with E-state index in [0.717, 1.165) is 29.2 Å². The monoisotopic (exact) mass is 332 g/mol. The zero-order valence-corrected chi connectivity index (χ0v) is 13.0. The molecule has 0 saturated carbocycles. The molecule has 0 spiro atoms. The Labute approximate surface area is 122 Å². The van der Waals surface area contributed by atoms with Gasteiger partial charge in [-0.2, -0.15) is 0 Å². The molecule has 1 heterocycles. The highest BCUT2D eigenvalue weighted by atomic mass is 79.9. The van der Waals surface area contributed by atoms with Crippen LogP contribution in [0, 0.1) is 0 Å². The van der Waals surface area contributed by atoms with Crippen LogP contribution < -0.4 is 5.32 Å². The van der Waals surface area contributed by atoms with Gasteiger partial charge in [0.2, 0.25) is 0 Å². The van der Waals surface area contributed by atoms with E-state index in [1.165, 1.54) is 5.56 Å². The van der Waals surface area contributed by atoms with E-state index in [9.17, 15) is 0 Å². The molecule has 18 heavy (non-hydrogen) atoms. The second-order valence-corrected chi connectivity index (χ2v) is 5.85. The van der Waals surface area contributed by atoms with Crippen molar-refractivity contribution in [2.45, 2.75) is 12.1 Å². The molecule has 5 heteroatoms. The summed E-state index contributed by atoms with van der Waals surface area (Å²) in [7, 11) is 4.07. The van der Waals surface area contributed by atoms with Gasteiger partial charge in [-0.25, -0.2) is 0 Å². The molecular formula is C13H18BrClN2O. The number of halogens is 2. The normalized spacial score (nSPS) is 25.3. The van der Waals surface area contributed by atoms with Gasteiger partial charge in [-0.15, -0.1) is 0 Å². The maximum absolute atomic E-state index is 6.11. The SMILES string of the molecule is CNCC1OCCN(C)C1c1cc(Cl)ccc1Br. The molecule has 3 nitrogen and oxygen atoms in total. The van der Waals surface area contributed by atoms with Crippen molar-refractivity contribution in [1.29, 1.82) is 0 Å². The van der Waals surface area contributed by atoms with E-state index in [4.69, 9.17) is 16.3 Å². The molecule has 1 aliphatic rings. The van der Waals surface area contributed by atoms with E-state index in [-0.39, 0.29) is 12.1 Å². The number of hydrogen-bond acceptors (Lipinski definition) is 3. The van der Waals surface area contributed by atoms with Crippen molar-refractivity contribution in [2.75, 3.05) is 33.8 Å². The summed E-state index contributed by atoms with van der Waals surface area (Å²) in [6, 6.07) is 6.13. The predicted molar refractivity (Wildman–Crippen MR) is 78.2 cm³/mol. The smallest absolute Gasteiger partial charge is 0.0896 e. The zero-order chi connectivity index (χ0) is 13.1. The van der Waals surface area contributed by atoms with E-state index >= 15 is 0 Å². The van der Waals surface area contributed by atoms with Gasteiger partial charge in [-0.1, -0.05) is 27.5 Å². The third-order valence-electron chi connectivity index (χ3n) is 3.28. The fraction of sp³-hybridized carbons (Fsp3) is 0.538. The Kier molecular flexibility index (Phi) is 5.04. The van der Waals surface area contributed by atoms with Gasteiger partial charge in [0.1, 0.15) is 0 Å². The van der Waals surface area contributed by atoms with Gasteiger partial charge in [-0.05, 0) is 37.9 Å². The van der Waals surface area contributed by atoms with Crippen LogP contribution in [0.25, 0.3) is 0 Å². The maximum atomic E-state index is 6.11. The van der Waals surface area contributed by atoms with Gasteiger partial charge in [0, 0.05) is 22.6 Å². The lowest BCUT2D eigenvalue weighted by Crippen LogP contribution is -2.47. The van der Waals surface area contributed by atoms with Gasteiger partial charge >= 0.3 is 0 Å². The fourth-order valence-corrected chi connectivity index (χ4v) is 3.07. The van der Waals surface area contributed by atoms with Crippen molar-refractivity contribution in [2.24, 2.45) is 0 Å². The Bertz CT molecular complexity index is 414. The predicted octanol–water partition coefficient (Wildman–Crippen LogP) is 2.69.